The van der Waals surface area contributed by atoms with Gasteiger partial charge >= 0.3 is 0 Å². The molecule has 9 aromatic carbocycles. The lowest BCUT2D eigenvalue weighted by molar-refractivity contribution is 0.670. The maximum Gasteiger partial charge on any atom is 0.160 e. The number of furan rings is 1. The summed E-state index contributed by atoms with van der Waals surface area (Å²) in [5.74, 6) is 0.678. The van der Waals surface area contributed by atoms with Crippen LogP contribution in [0.2, 0.25) is 0 Å². The third-order valence-electron chi connectivity index (χ3n) is 11.0. The van der Waals surface area contributed by atoms with E-state index < -0.39 is 0 Å². The van der Waals surface area contributed by atoms with Crippen LogP contribution in [0, 0.1) is 0 Å². The number of hydrogen-bond acceptors (Lipinski definition) is 3. The molecule has 11 aromatic rings. The van der Waals surface area contributed by atoms with Crippen molar-refractivity contribution in [1.82, 2.24) is 9.97 Å². The quantitative estimate of drug-likeness (QED) is 0.160. The molecule has 0 amide bonds. The second-order valence-electron chi connectivity index (χ2n) is 14.6. The minimum absolute atomic E-state index is 0.678. The van der Waals surface area contributed by atoms with Crippen LogP contribution in [0.4, 0.5) is 0 Å². The SMILES string of the molecule is c1ccc(-c2cc(-c3cc(-c4cccc(-c5ccc6c(ccc7ccccc76)c5)c4)nc(-c4ccccc4)n3)cc(-c3cccc4c3oc3ccccc34)c2)cc1. The highest BCUT2D eigenvalue weighted by molar-refractivity contribution is 6.10. The minimum atomic E-state index is 0.678. The molecule has 0 saturated carbocycles. The standard InChI is InChI=1S/C54H34N2O/c1-3-13-35(14-4-1)42-31-43(47-22-12-23-49-48-21-9-10-24-52(48)57-53(47)49)33-44(32-42)51-34-50(55-54(56-51)37-16-5-2-6-17-37)41-19-11-18-38(30-41)39-27-28-46-40(29-39)26-25-36-15-7-8-20-45(36)46/h1-34H. The summed E-state index contributed by atoms with van der Waals surface area (Å²) in [5, 5.41) is 7.22. The van der Waals surface area contributed by atoms with Crippen LogP contribution in [-0.2, 0) is 0 Å². The van der Waals surface area contributed by atoms with Gasteiger partial charge in [-0.3, -0.25) is 0 Å². The van der Waals surface area contributed by atoms with E-state index >= 15 is 0 Å². The first-order valence-electron chi connectivity index (χ1n) is 19.3. The van der Waals surface area contributed by atoms with E-state index in [4.69, 9.17) is 14.4 Å². The molecule has 266 valence electrons. The molecule has 0 spiro atoms. The number of hydrogen-bond donors (Lipinski definition) is 0. The Balaban J connectivity index is 1.08. The molecule has 0 N–H and O–H groups in total. The lowest BCUT2D eigenvalue weighted by Gasteiger charge is -2.14. The average molecular weight is 727 g/mol. The van der Waals surface area contributed by atoms with Crippen molar-refractivity contribution in [1.29, 1.82) is 0 Å². The van der Waals surface area contributed by atoms with E-state index in [9.17, 15) is 0 Å². The van der Waals surface area contributed by atoms with Gasteiger partial charge in [-0.25, -0.2) is 9.97 Å². The van der Waals surface area contributed by atoms with Crippen LogP contribution >= 0.6 is 0 Å². The van der Waals surface area contributed by atoms with E-state index in [2.05, 4.69) is 176 Å². The summed E-state index contributed by atoms with van der Waals surface area (Å²) >= 11 is 0. The topological polar surface area (TPSA) is 38.9 Å². The summed E-state index contributed by atoms with van der Waals surface area (Å²) in [6.07, 6.45) is 0. The van der Waals surface area contributed by atoms with Crippen LogP contribution in [0.15, 0.2) is 211 Å². The molecule has 3 nitrogen and oxygen atoms in total. The van der Waals surface area contributed by atoms with E-state index in [0.717, 1.165) is 83.4 Å². The minimum Gasteiger partial charge on any atom is -0.455 e. The molecule has 2 aromatic heterocycles. The molecule has 11 rings (SSSR count). The summed E-state index contributed by atoms with van der Waals surface area (Å²) in [6, 6.07) is 72.8. The fourth-order valence-corrected chi connectivity index (χ4v) is 8.21. The third-order valence-corrected chi connectivity index (χ3v) is 11.0. The van der Waals surface area contributed by atoms with Gasteiger partial charge in [0.2, 0.25) is 0 Å². The van der Waals surface area contributed by atoms with Gasteiger partial charge in [-0.15, -0.1) is 0 Å². The zero-order valence-corrected chi connectivity index (χ0v) is 30.9. The number of benzene rings is 9. The van der Waals surface area contributed by atoms with E-state index in [-0.39, 0.29) is 0 Å². The fraction of sp³-hybridized carbons (Fsp3) is 0. The second-order valence-corrected chi connectivity index (χ2v) is 14.6. The molecule has 0 aliphatic heterocycles. The van der Waals surface area contributed by atoms with E-state index in [1.165, 1.54) is 21.5 Å². The molecular weight excluding hydrogens is 693 g/mol. The summed E-state index contributed by atoms with van der Waals surface area (Å²) in [5.41, 5.74) is 13.1. The maximum absolute atomic E-state index is 6.55. The van der Waals surface area contributed by atoms with E-state index in [0.29, 0.717) is 5.82 Å². The number of aromatic nitrogens is 2. The molecule has 0 aliphatic carbocycles. The Kier molecular flexibility index (Phi) is 7.82. The van der Waals surface area contributed by atoms with Crippen LogP contribution in [0.1, 0.15) is 0 Å². The highest BCUT2D eigenvalue weighted by Gasteiger charge is 2.17. The fourth-order valence-electron chi connectivity index (χ4n) is 8.21. The first-order chi connectivity index (χ1) is 28.2. The summed E-state index contributed by atoms with van der Waals surface area (Å²) in [4.78, 5) is 10.5. The van der Waals surface area contributed by atoms with Crippen LogP contribution < -0.4 is 0 Å². The van der Waals surface area contributed by atoms with Gasteiger partial charge in [-0.1, -0.05) is 164 Å². The predicted molar refractivity (Wildman–Crippen MR) is 237 cm³/mol. The van der Waals surface area contributed by atoms with Gasteiger partial charge in [-0.2, -0.15) is 0 Å². The van der Waals surface area contributed by atoms with Crippen LogP contribution in [0.25, 0.3) is 111 Å². The molecule has 0 aliphatic rings. The Labute approximate surface area is 330 Å². The molecule has 2 heterocycles. The monoisotopic (exact) mass is 726 g/mol. The number of rotatable bonds is 6. The van der Waals surface area contributed by atoms with Crippen molar-refractivity contribution in [2.45, 2.75) is 0 Å². The number of nitrogens with zero attached hydrogens (tertiary/aromatic N) is 2. The van der Waals surface area contributed by atoms with Crippen molar-refractivity contribution in [3.8, 4) is 67.3 Å². The summed E-state index contributed by atoms with van der Waals surface area (Å²) in [6.45, 7) is 0. The van der Waals surface area contributed by atoms with Gasteiger partial charge in [0.15, 0.2) is 5.82 Å². The lowest BCUT2D eigenvalue weighted by Crippen LogP contribution is -1.97. The zero-order valence-electron chi connectivity index (χ0n) is 30.9. The van der Waals surface area contributed by atoms with Crippen molar-refractivity contribution in [3.63, 3.8) is 0 Å². The smallest absolute Gasteiger partial charge is 0.160 e. The summed E-state index contributed by atoms with van der Waals surface area (Å²) < 4.78 is 6.55. The Morgan fingerprint density at radius 1 is 0.298 bits per heavy atom. The average Bonchev–Trinajstić information content (AvgIpc) is 3.68. The zero-order chi connectivity index (χ0) is 37.7. The van der Waals surface area contributed by atoms with Gasteiger partial charge in [0.05, 0.1) is 11.4 Å². The normalized spacial score (nSPS) is 11.5. The van der Waals surface area contributed by atoms with Crippen molar-refractivity contribution in [3.05, 3.63) is 206 Å². The predicted octanol–water partition coefficient (Wildman–Crippen LogP) is 14.7. The molecule has 0 atom stereocenters. The summed E-state index contributed by atoms with van der Waals surface area (Å²) in [7, 11) is 0. The highest BCUT2D eigenvalue weighted by atomic mass is 16.3. The molecular formula is C54H34N2O. The Morgan fingerprint density at radius 3 is 1.74 bits per heavy atom. The van der Waals surface area contributed by atoms with Gasteiger partial charge in [0.25, 0.3) is 0 Å². The molecule has 0 saturated heterocycles. The first kappa shape index (κ1) is 32.8. The number of fused-ring (bicyclic) bond motifs is 6. The number of para-hydroxylation sites is 2. The van der Waals surface area contributed by atoms with Crippen LogP contribution in [-0.4, -0.2) is 9.97 Å². The molecule has 3 heteroatoms. The van der Waals surface area contributed by atoms with Crippen molar-refractivity contribution < 1.29 is 4.42 Å². The van der Waals surface area contributed by atoms with Gasteiger partial charge < -0.3 is 4.42 Å². The Morgan fingerprint density at radius 2 is 0.877 bits per heavy atom. The van der Waals surface area contributed by atoms with Gasteiger partial charge in [0.1, 0.15) is 11.2 Å². The first-order valence-corrected chi connectivity index (χ1v) is 19.3. The van der Waals surface area contributed by atoms with E-state index in [1.54, 1.807) is 0 Å². The Hall–Kier alpha value is -7.62. The van der Waals surface area contributed by atoms with Gasteiger partial charge in [0, 0.05) is 33.0 Å². The van der Waals surface area contributed by atoms with Crippen molar-refractivity contribution in [2.24, 2.45) is 0 Å². The largest absolute Gasteiger partial charge is 0.455 e. The molecule has 0 unspecified atom stereocenters. The maximum atomic E-state index is 6.55. The van der Waals surface area contributed by atoms with E-state index in [1.807, 2.05) is 30.3 Å². The lowest BCUT2D eigenvalue weighted by atomic mass is 9.93. The van der Waals surface area contributed by atoms with Gasteiger partial charge in [-0.05, 0) is 91.8 Å². The molecule has 0 bridgehead atoms. The van der Waals surface area contributed by atoms with Crippen molar-refractivity contribution >= 4 is 43.5 Å². The third kappa shape index (κ3) is 5.94. The molecule has 0 fully saturated rings. The molecule has 57 heavy (non-hydrogen) atoms. The second kappa shape index (κ2) is 13.6. The van der Waals surface area contributed by atoms with Crippen LogP contribution in [0.5, 0.6) is 0 Å². The van der Waals surface area contributed by atoms with Crippen LogP contribution in [0.3, 0.4) is 0 Å². The highest BCUT2D eigenvalue weighted by Crippen LogP contribution is 2.40. The van der Waals surface area contributed by atoms with Crippen molar-refractivity contribution in [2.75, 3.05) is 0 Å². The Bertz CT molecular complexity index is 3290. The molecule has 0 radical (unpaired) electrons.